The second-order valence-electron chi connectivity index (χ2n) is 2.28. The van der Waals surface area contributed by atoms with Gasteiger partial charge in [-0.3, -0.25) is 10.3 Å². The Labute approximate surface area is 64.6 Å². The molecule has 0 aliphatic heterocycles. The van der Waals surface area contributed by atoms with Crippen molar-refractivity contribution in [2.45, 2.75) is 6.42 Å². The lowest BCUT2D eigenvalue weighted by Gasteiger charge is -2.12. The lowest BCUT2D eigenvalue weighted by atomic mass is 10.1. The van der Waals surface area contributed by atoms with Gasteiger partial charge in [-0.2, -0.15) is 4.79 Å². The predicted octanol–water partition coefficient (Wildman–Crippen LogP) is 0.822. The summed E-state index contributed by atoms with van der Waals surface area (Å²) in [4.78, 5) is 3.03. The van der Waals surface area contributed by atoms with Gasteiger partial charge in [0.15, 0.2) is 0 Å². The number of hydrogen-bond donors (Lipinski definition) is 1. The van der Waals surface area contributed by atoms with Crippen LogP contribution in [-0.2, 0) is 0 Å². The van der Waals surface area contributed by atoms with Crippen LogP contribution in [0.2, 0.25) is 0 Å². The number of likely N-dealkylation sites (N-methyl/N-ethyl adjacent to an activating group) is 1. The molecular weight excluding hydrogens is 142 g/mol. The molecule has 0 bridgehead atoms. The van der Waals surface area contributed by atoms with E-state index in [1.165, 1.54) is 7.05 Å². The number of nitrogens with zero attached hydrogens (tertiary/aromatic N) is 3. The maximum absolute atomic E-state index is 8.95. The van der Waals surface area contributed by atoms with Crippen molar-refractivity contribution in [3.8, 4) is 0 Å². The summed E-state index contributed by atoms with van der Waals surface area (Å²) in [5.41, 5.74) is 9.65. The Kier molecular flexibility index (Phi) is 2.21. The maximum atomic E-state index is 8.95. The summed E-state index contributed by atoms with van der Waals surface area (Å²) < 4.78 is 0. The second kappa shape index (κ2) is 3.14. The standard InChI is InChI=1S/C7H9N3O/c1-10(11)7-4-2-6(9-8)3-5-7/h2,4-5,11H,3H2,1H3. The third kappa shape index (κ3) is 1.77. The van der Waals surface area contributed by atoms with Gasteiger partial charge in [0.25, 0.3) is 5.71 Å². The predicted molar refractivity (Wildman–Crippen MR) is 40.0 cm³/mol. The van der Waals surface area contributed by atoms with Crippen LogP contribution in [0.15, 0.2) is 23.9 Å². The van der Waals surface area contributed by atoms with E-state index in [2.05, 4.69) is 4.79 Å². The number of hydroxylamine groups is 2. The smallest absolute Gasteiger partial charge is 0.295 e. The normalized spacial score (nSPS) is 15.8. The minimum atomic E-state index is 0.549. The molecule has 0 spiro atoms. The zero-order valence-corrected chi connectivity index (χ0v) is 6.23. The van der Waals surface area contributed by atoms with Gasteiger partial charge in [-0.1, -0.05) is 0 Å². The van der Waals surface area contributed by atoms with Crippen LogP contribution < -0.4 is 0 Å². The molecule has 0 saturated heterocycles. The van der Waals surface area contributed by atoms with Crippen molar-refractivity contribution in [3.63, 3.8) is 0 Å². The first-order chi connectivity index (χ1) is 5.24. The topological polar surface area (TPSA) is 59.9 Å². The fourth-order valence-electron chi connectivity index (χ4n) is 0.841. The van der Waals surface area contributed by atoms with Gasteiger partial charge in [0.1, 0.15) is 0 Å². The molecule has 1 rings (SSSR count). The zero-order chi connectivity index (χ0) is 8.27. The average Bonchev–Trinajstić information content (AvgIpc) is 2.05. The van der Waals surface area contributed by atoms with Crippen molar-refractivity contribution in [2.75, 3.05) is 7.05 Å². The molecule has 0 radical (unpaired) electrons. The number of allylic oxidation sites excluding steroid dienone is 3. The van der Waals surface area contributed by atoms with E-state index >= 15 is 0 Å². The number of hydrogen-bond acceptors (Lipinski definition) is 2. The van der Waals surface area contributed by atoms with Gasteiger partial charge in [0.05, 0.1) is 12.1 Å². The molecule has 0 heterocycles. The van der Waals surface area contributed by atoms with Crippen LogP contribution in [0.3, 0.4) is 0 Å². The molecule has 11 heavy (non-hydrogen) atoms. The molecule has 0 saturated carbocycles. The van der Waals surface area contributed by atoms with Crippen LogP contribution in [0.4, 0.5) is 0 Å². The quantitative estimate of drug-likeness (QED) is 0.342. The van der Waals surface area contributed by atoms with E-state index in [0.717, 1.165) is 5.06 Å². The molecule has 0 aromatic rings. The third-order valence-corrected chi connectivity index (χ3v) is 1.47. The maximum Gasteiger partial charge on any atom is 0.295 e. The highest BCUT2D eigenvalue weighted by Gasteiger charge is 2.08. The molecule has 1 aliphatic rings. The molecule has 0 unspecified atom stereocenters. The van der Waals surface area contributed by atoms with E-state index in [0.29, 0.717) is 17.8 Å². The summed E-state index contributed by atoms with van der Waals surface area (Å²) in [7, 11) is 1.54. The Hall–Kier alpha value is -1.38. The summed E-state index contributed by atoms with van der Waals surface area (Å²) in [5.74, 6) is 0. The van der Waals surface area contributed by atoms with Crippen LogP contribution >= 0.6 is 0 Å². The van der Waals surface area contributed by atoms with Crippen molar-refractivity contribution in [1.29, 1.82) is 0 Å². The largest absolute Gasteiger partial charge is 0.361 e. The van der Waals surface area contributed by atoms with Crippen molar-refractivity contribution >= 4 is 5.71 Å². The summed E-state index contributed by atoms with van der Waals surface area (Å²) in [6.45, 7) is 0. The van der Waals surface area contributed by atoms with Crippen molar-refractivity contribution in [2.24, 2.45) is 0 Å². The minimum absolute atomic E-state index is 0.549. The number of rotatable bonds is 1. The first-order valence-electron chi connectivity index (χ1n) is 3.26. The average molecular weight is 151 g/mol. The fraction of sp³-hybridized carbons (Fsp3) is 0.286. The SMILES string of the molecule is CN(O)C1=CCC(=[N+]=[N-])C=C1. The molecule has 1 N–H and O–H groups in total. The van der Waals surface area contributed by atoms with Gasteiger partial charge in [-0.25, -0.2) is 0 Å². The highest BCUT2D eigenvalue weighted by Crippen LogP contribution is 2.08. The highest BCUT2D eigenvalue weighted by molar-refractivity contribution is 5.92. The van der Waals surface area contributed by atoms with Gasteiger partial charge in [0.2, 0.25) is 0 Å². The lowest BCUT2D eigenvalue weighted by molar-refractivity contribution is -0.0249. The minimum Gasteiger partial charge on any atom is -0.361 e. The van der Waals surface area contributed by atoms with Crippen molar-refractivity contribution in [1.82, 2.24) is 5.06 Å². The molecular formula is C7H9N3O. The van der Waals surface area contributed by atoms with E-state index in [1.807, 2.05) is 0 Å². The molecule has 0 amide bonds. The molecule has 0 fully saturated rings. The van der Waals surface area contributed by atoms with Crippen molar-refractivity contribution < 1.29 is 10.00 Å². The summed E-state index contributed by atoms with van der Waals surface area (Å²) >= 11 is 0. The molecule has 0 aromatic carbocycles. The Morgan fingerprint density at radius 3 is 2.73 bits per heavy atom. The molecule has 4 heteroatoms. The molecule has 0 atom stereocenters. The van der Waals surface area contributed by atoms with Crippen LogP contribution in [-0.4, -0.2) is 27.8 Å². The fourth-order valence-corrected chi connectivity index (χ4v) is 0.841. The van der Waals surface area contributed by atoms with Crippen LogP contribution in [0.5, 0.6) is 0 Å². The Morgan fingerprint density at radius 1 is 1.64 bits per heavy atom. The van der Waals surface area contributed by atoms with E-state index in [4.69, 9.17) is 10.7 Å². The van der Waals surface area contributed by atoms with Crippen LogP contribution in [0.1, 0.15) is 6.42 Å². The summed E-state index contributed by atoms with van der Waals surface area (Å²) in [6.07, 6.45) is 5.66. The van der Waals surface area contributed by atoms with E-state index in [-0.39, 0.29) is 0 Å². The molecule has 4 nitrogen and oxygen atoms in total. The summed E-state index contributed by atoms with van der Waals surface area (Å²) in [5, 5.41) is 9.97. The van der Waals surface area contributed by atoms with Gasteiger partial charge >= 0.3 is 0 Å². The lowest BCUT2D eigenvalue weighted by Crippen LogP contribution is -2.13. The van der Waals surface area contributed by atoms with E-state index < -0.39 is 0 Å². The van der Waals surface area contributed by atoms with Gasteiger partial charge < -0.3 is 5.53 Å². The van der Waals surface area contributed by atoms with Crippen LogP contribution in [0.25, 0.3) is 5.53 Å². The Morgan fingerprint density at radius 2 is 2.36 bits per heavy atom. The van der Waals surface area contributed by atoms with Gasteiger partial charge in [0, 0.05) is 13.1 Å². The van der Waals surface area contributed by atoms with Crippen molar-refractivity contribution in [3.05, 3.63) is 29.5 Å². The van der Waals surface area contributed by atoms with E-state index in [9.17, 15) is 0 Å². The first kappa shape index (κ1) is 7.72. The van der Waals surface area contributed by atoms with Gasteiger partial charge in [-0.05, 0) is 12.2 Å². The Bertz CT molecular complexity index is 259. The van der Waals surface area contributed by atoms with Crippen LogP contribution in [0, 0.1) is 0 Å². The zero-order valence-electron chi connectivity index (χ0n) is 6.23. The first-order valence-corrected chi connectivity index (χ1v) is 3.26. The summed E-state index contributed by atoms with van der Waals surface area (Å²) in [6, 6.07) is 0. The molecule has 1 aliphatic carbocycles. The molecule has 58 valence electrons. The molecule has 0 aromatic heterocycles. The monoisotopic (exact) mass is 151 g/mol. The second-order valence-corrected chi connectivity index (χ2v) is 2.28. The Balaban J connectivity index is 2.75. The third-order valence-electron chi connectivity index (χ3n) is 1.47. The van der Waals surface area contributed by atoms with E-state index in [1.54, 1.807) is 18.2 Å². The highest BCUT2D eigenvalue weighted by atomic mass is 16.5. The van der Waals surface area contributed by atoms with Gasteiger partial charge in [-0.15, -0.1) is 0 Å².